The molecule has 5 heteroatoms. The largest absolute Gasteiger partial charge is 0.419 e. The lowest BCUT2D eigenvalue weighted by Gasteiger charge is -2.00. The minimum absolute atomic E-state index is 0. The molecule has 0 aliphatic carbocycles. The average molecular weight is 257 g/mol. The lowest BCUT2D eigenvalue weighted by atomic mass is 10.1. The van der Waals surface area contributed by atoms with Crippen molar-refractivity contribution in [1.29, 1.82) is 0 Å². The van der Waals surface area contributed by atoms with Crippen molar-refractivity contribution in [2.75, 3.05) is 6.54 Å². The molecular formula is C12H17ClN2O2. The molecule has 0 unspecified atom stereocenters. The normalized spacial score (nSPS) is 10.5. The Hall–Kier alpha value is -1.26. The molecule has 0 saturated carbocycles. The van der Waals surface area contributed by atoms with Gasteiger partial charge < -0.3 is 10.2 Å². The standard InChI is InChI=1S/C12H16N2O2.ClH/c1-14-10-6-5-9(4-2-3-7-13)8-11(10)16-12(14)15;/h5-6,8H,2-4,7,13H2,1H3;1H. The summed E-state index contributed by atoms with van der Waals surface area (Å²) in [6.45, 7) is 0.725. The van der Waals surface area contributed by atoms with E-state index in [0.29, 0.717) is 5.58 Å². The van der Waals surface area contributed by atoms with Gasteiger partial charge in [-0.3, -0.25) is 4.57 Å². The van der Waals surface area contributed by atoms with Gasteiger partial charge in [-0.25, -0.2) is 4.79 Å². The number of nitrogens with two attached hydrogens (primary N) is 1. The molecular weight excluding hydrogens is 240 g/mol. The first-order chi connectivity index (χ1) is 7.72. The van der Waals surface area contributed by atoms with Crippen molar-refractivity contribution >= 4 is 23.5 Å². The highest BCUT2D eigenvalue weighted by molar-refractivity contribution is 5.85. The Morgan fingerprint density at radius 1 is 1.35 bits per heavy atom. The fourth-order valence-corrected chi connectivity index (χ4v) is 1.81. The molecule has 1 heterocycles. The summed E-state index contributed by atoms with van der Waals surface area (Å²) in [6, 6.07) is 5.90. The summed E-state index contributed by atoms with van der Waals surface area (Å²) in [5.41, 5.74) is 8.14. The molecule has 0 atom stereocenters. The number of fused-ring (bicyclic) bond motifs is 1. The van der Waals surface area contributed by atoms with E-state index in [2.05, 4.69) is 0 Å². The predicted molar refractivity (Wildman–Crippen MR) is 70.7 cm³/mol. The zero-order valence-corrected chi connectivity index (χ0v) is 10.6. The van der Waals surface area contributed by atoms with Crippen molar-refractivity contribution in [3.05, 3.63) is 34.3 Å². The lowest BCUT2D eigenvalue weighted by Crippen LogP contribution is -2.08. The number of hydrogen-bond acceptors (Lipinski definition) is 3. The molecule has 0 spiro atoms. The summed E-state index contributed by atoms with van der Waals surface area (Å²) in [5, 5.41) is 0. The van der Waals surface area contributed by atoms with E-state index in [4.69, 9.17) is 10.2 Å². The Balaban J connectivity index is 0.00000144. The average Bonchev–Trinajstić information content (AvgIpc) is 2.55. The van der Waals surface area contributed by atoms with E-state index < -0.39 is 0 Å². The number of halogens is 1. The van der Waals surface area contributed by atoms with Crippen LogP contribution in [-0.2, 0) is 13.5 Å². The molecule has 17 heavy (non-hydrogen) atoms. The van der Waals surface area contributed by atoms with Gasteiger partial charge in [0.2, 0.25) is 0 Å². The number of oxazole rings is 1. The number of aromatic nitrogens is 1. The molecule has 4 nitrogen and oxygen atoms in total. The van der Waals surface area contributed by atoms with Crippen LogP contribution in [0.3, 0.4) is 0 Å². The van der Waals surface area contributed by atoms with E-state index in [1.54, 1.807) is 7.05 Å². The van der Waals surface area contributed by atoms with Gasteiger partial charge in [0, 0.05) is 7.05 Å². The topological polar surface area (TPSA) is 61.2 Å². The maximum atomic E-state index is 11.3. The molecule has 2 aromatic rings. The summed E-state index contributed by atoms with van der Waals surface area (Å²) in [7, 11) is 1.71. The highest BCUT2D eigenvalue weighted by atomic mass is 35.5. The monoisotopic (exact) mass is 256 g/mol. The van der Waals surface area contributed by atoms with Crippen molar-refractivity contribution < 1.29 is 4.42 Å². The molecule has 2 rings (SSSR count). The first kappa shape index (κ1) is 13.8. The smallest absolute Gasteiger partial charge is 0.408 e. The fourth-order valence-electron chi connectivity index (χ4n) is 1.81. The van der Waals surface area contributed by atoms with Gasteiger partial charge in [-0.2, -0.15) is 0 Å². The third kappa shape index (κ3) is 2.90. The van der Waals surface area contributed by atoms with Gasteiger partial charge in [-0.1, -0.05) is 6.07 Å². The predicted octanol–water partition coefficient (Wildman–Crippen LogP) is 1.83. The fraction of sp³-hybridized carbons (Fsp3) is 0.417. The molecule has 1 aromatic heterocycles. The highest BCUT2D eigenvalue weighted by Gasteiger charge is 2.05. The van der Waals surface area contributed by atoms with Crippen LogP contribution in [0.4, 0.5) is 0 Å². The van der Waals surface area contributed by atoms with E-state index in [-0.39, 0.29) is 18.2 Å². The van der Waals surface area contributed by atoms with Crippen LogP contribution >= 0.6 is 12.4 Å². The maximum Gasteiger partial charge on any atom is 0.419 e. The second-order valence-electron chi connectivity index (χ2n) is 3.97. The van der Waals surface area contributed by atoms with Crippen molar-refractivity contribution in [2.45, 2.75) is 19.3 Å². The van der Waals surface area contributed by atoms with Crippen LogP contribution in [0.2, 0.25) is 0 Å². The van der Waals surface area contributed by atoms with E-state index in [1.807, 2.05) is 18.2 Å². The summed E-state index contributed by atoms with van der Waals surface area (Å²) < 4.78 is 6.64. The first-order valence-corrected chi connectivity index (χ1v) is 5.51. The number of rotatable bonds is 4. The number of nitrogens with zero attached hydrogens (tertiary/aromatic N) is 1. The van der Waals surface area contributed by atoms with Crippen LogP contribution < -0.4 is 11.5 Å². The molecule has 0 saturated heterocycles. The van der Waals surface area contributed by atoms with E-state index in [9.17, 15) is 4.79 Å². The summed E-state index contributed by atoms with van der Waals surface area (Å²) in [4.78, 5) is 11.3. The van der Waals surface area contributed by atoms with Crippen molar-refractivity contribution in [2.24, 2.45) is 12.8 Å². The summed E-state index contributed by atoms with van der Waals surface area (Å²) in [5.74, 6) is -0.311. The van der Waals surface area contributed by atoms with Crippen LogP contribution in [0.15, 0.2) is 27.4 Å². The zero-order valence-electron chi connectivity index (χ0n) is 9.81. The van der Waals surface area contributed by atoms with Gasteiger partial charge in [-0.05, 0) is 43.5 Å². The minimum atomic E-state index is -0.311. The molecule has 0 fully saturated rings. The minimum Gasteiger partial charge on any atom is -0.408 e. The van der Waals surface area contributed by atoms with Crippen LogP contribution in [-0.4, -0.2) is 11.1 Å². The molecule has 0 aliphatic rings. The number of hydrogen-bond donors (Lipinski definition) is 1. The second kappa shape index (κ2) is 5.89. The van der Waals surface area contributed by atoms with Crippen molar-refractivity contribution in [3.63, 3.8) is 0 Å². The molecule has 94 valence electrons. The molecule has 0 amide bonds. The van der Waals surface area contributed by atoms with Gasteiger partial charge >= 0.3 is 5.76 Å². The quantitative estimate of drug-likeness (QED) is 0.849. The number of unbranched alkanes of at least 4 members (excludes halogenated alkanes) is 1. The van der Waals surface area contributed by atoms with Gasteiger partial charge in [0.25, 0.3) is 0 Å². The molecule has 0 bridgehead atoms. The summed E-state index contributed by atoms with van der Waals surface area (Å²) in [6.07, 6.45) is 3.07. The van der Waals surface area contributed by atoms with Crippen molar-refractivity contribution in [1.82, 2.24) is 4.57 Å². The zero-order chi connectivity index (χ0) is 11.5. The second-order valence-corrected chi connectivity index (χ2v) is 3.97. The molecule has 1 aromatic carbocycles. The summed E-state index contributed by atoms with van der Waals surface area (Å²) >= 11 is 0. The highest BCUT2D eigenvalue weighted by Crippen LogP contribution is 2.15. The third-order valence-electron chi connectivity index (χ3n) is 2.78. The van der Waals surface area contributed by atoms with Gasteiger partial charge in [0.05, 0.1) is 5.52 Å². The third-order valence-corrected chi connectivity index (χ3v) is 2.78. The van der Waals surface area contributed by atoms with Crippen LogP contribution in [0.25, 0.3) is 11.1 Å². The molecule has 0 radical (unpaired) electrons. The molecule has 0 aliphatic heterocycles. The Morgan fingerprint density at radius 2 is 2.12 bits per heavy atom. The Bertz CT molecular complexity index is 545. The SMILES string of the molecule is Cl.Cn1c(=O)oc2cc(CCCCN)ccc21. The molecule has 2 N–H and O–H groups in total. The van der Waals surface area contributed by atoms with E-state index in [0.717, 1.165) is 31.3 Å². The number of benzene rings is 1. The van der Waals surface area contributed by atoms with E-state index in [1.165, 1.54) is 10.1 Å². The van der Waals surface area contributed by atoms with Gasteiger partial charge in [0.15, 0.2) is 5.58 Å². The van der Waals surface area contributed by atoms with E-state index >= 15 is 0 Å². The van der Waals surface area contributed by atoms with Crippen molar-refractivity contribution in [3.8, 4) is 0 Å². The Labute approximate surface area is 106 Å². The lowest BCUT2D eigenvalue weighted by molar-refractivity contribution is 0.527. The van der Waals surface area contributed by atoms with Gasteiger partial charge in [-0.15, -0.1) is 12.4 Å². The van der Waals surface area contributed by atoms with Crippen LogP contribution in [0.1, 0.15) is 18.4 Å². The number of aryl methyl sites for hydroxylation is 2. The Morgan fingerprint density at radius 3 is 2.82 bits per heavy atom. The first-order valence-electron chi connectivity index (χ1n) is 5.51. The van der Waals surface area contributed by atoms with Crippen LogP contribution in [0.5, 0.6) is 0 Å². The maximum absolute atomic E-state index is 11.3. The van der Waals surface area contributed by atoms with Crippen LogP contribution in [0, 0.1) is 0 Å². The van der Waals surface area contributed by atoms with Gasteiger partial charge in [0.1, 0.15) is 0 Å². The Kier molecular flexibility index (Phi) is 4.78.